The van der Waals surface area contributed by atoms with Crippen LogP contribution in [0, 0.1) is 0 Å². The second-order valence-corrected chi connectivity index (χ2v) is 7.20. The summed E-state index contributed by atoms with van der Waals surface area (Å²) in [6, 6.07) is 12.4. The first-order valence-electron chi connectivity index (χ1n) is 6.17. The van der Waals surface area contributed by atoms with Crippen molar-refractivity contribution in [2.75, 3.05) is 10.6 Å². The van der Waals surface area contributed by atoms with Crippen molar-refractivity contribution in [2.24, 2.45) is 4.40 Å². The highest BCUT2D eigenvalue weighted by atomic mass is 79.9. The number of hydrogen-bond acceptors (Lipinski definition) is 4. The summed E-state index contributed by atoms with van der Waals surface area (Å²) in [6.45, 7) is 0.486. The van der Waals surface area contributed by atoms with Crippen molar-refractivity contribution in [3.8, 4) is 0 Å². The highest BCUT2D eigenvalue weighted by Gasteiger charge is 2.24. The van der Waals surface area contributed by atoms with Crippen LogP contribution in [-0.2, 0) is 16.6 Å². The van der Waals surface area contributed by atoms with E-state index in [0.717, 1.165) is 10.0 Å². The number of nitrogens with zero attached hydrogens (tertiary/aromatic N) is 2. The lowest BCUT2D eigenvalue weighted by atomic mass is 10.2. The zero-order valence-corrected chi connectivity index (χ0v) is 13.3. The molecule has 0 aromatic heterocycles. The van der Waals surface area contributed by atoms with Gasteiger partial charge in [-0.1, -0.05) is 28.1 Å². The zero-order chi connectivity index (χ0) is 15.0. The van der Waals surface area contributed by atoms with E-state index in [-0.39, 0.29) is 4.90 Å². The van der Waals surface area contributed by atoms with Crippen LogP contribution in [0.5, 0.6) is 0 Å². The Morgan fingerprint density at radius 1 is 1.19 bits per heavy atom. The molecule has 0 amide bonds. The van der Waals surface area contributed by atoms with Crippen molar-refractivity contribution < 1.29 is 8.42 Å². The molecular weight excluding hydrogens is 354 g/mol. The average Bonchev–Trinajstić information content (AvgIpc) is 2.41. The molecular formula is C14H12BrN3O2S. The average molecular weight is 366 g/mol. The molecule has 2 N–H and O–H groups in total. The molecule has 0 saturated carbocycles. The lowest BCUT2D eigenvalue weighted by molar-refractivity contribution is 0.597. The summed E-state index contributed by atoms with van der Waals surface area (Å²) < 4.78 is 28.4. The Morgan fingerprint density at radius 2 is 1.95 bits per heavy atom. The monoisotopic (exact) mass is 365 g/mol. The van der Waals surface area contributed by atoms with Crippen molar-refractivity contribution in [3.05, 3.63) is 52.5 Å². The number of sulfonamides is 1. The van der Waals surface area contributed by atoms with E-state index in [1.54, 1.807) is 29.2 Å². The van der Waals surface area contributed by atoms with Gasteiger partial charge in [0.2, 0.25) is 0 Å². The third kappa shape index (κ3) is 2.79. The van der Waals surface area contributed by atoms with Crippen molar-refractivity contribution in [3.63, 3.8) is 0 Å². The van der Waals surface area contributed by atoms with Gasteiger partial charge >= 0.3 is 0 Å². The molecule has 0 fully saturated rings. The molecule has 1 heterocycles. The molecule has 5 nitrogen and oxygen atoms in total. The van der Waals surface area contributed by atoms with Gasteiger partial charge in [0, 0.05) is 16.7 Å². The Kier molecular flexibility index (Phi) is 3.46. The van der Waals surface area contributed by atoms with E-state index in [1.807, 2.05) is 18.2 Å². The number of fused-ring (bicyclic) bond motifs is 1. The number of nitrogen functional groups attached to an aromatic ring is 1. The van der Waals surface area contributed by atoms with E-state index in [2.05, 4.69) is 20.3 Å². The molecule has 0 atom stereocenters. The van der Waals surface area contributed by atoms with E-state index >= 15 is 0 Å². The maximum atomic E-state index is 11.9. The molecule has 7 heteroatoms. The number of anilines is 2. The number of benzene rings is 2. The van der Waals surface area contributed by atoms with Crippen molar-refractivity contribution in [1.29, 1.82) is 0 Å². The third-order valence-electron chi connectivity index (χ3n) is 3.11. The van der Waals surface area contributed by atoms with Crippen LogP contribution >= 0.6 is 15.9 Å². The summed E-state index contributed by atoms with van der Waals surface area (Å²) in [5, 5.41) is 0. The number of rotatable bonds is 2. The van der Waals surface area contributed by atoms with Crippen LogP contribution < -0.4 is 10.6 Å². The molecule has 21 heavy (non-hydrogen) atoms. The molecule has 0 bridgehead atoms. The summed E-state index contributed by atoms with van der Waals surface area (Å²) in [4.78, 5) is 2.01. The minimum atomic E-state index is -3.59. The van der Waals surface area contributed by atoms with Gasteiger partial charge in [-0.25, -0.2) is 0 Å². The smallest absolute Gasteiger partial charge is 0.285 e. The van der Waals surface area contributed by atoms with Crippen LogP contribution in [0.15, 0.2) is 56.2 Å². The minimum absolute atomic E-state index is 0.218. The van der Waals surface area contributed by atoms with E-state index in [9.17, 15) is 8.42 Å². The van der Waals surface area contributed by atoms with E-state index in [0.29, 0.717) is 17.9 Å². The van der Waals surface area contributed by atoms with E-state index in [4.69, 9.17) is 5.73 Å². The van der Waals surface area contributed by atoms with Crippen molar-refractivity contribution in [1.82, 2.24) is 0 Å². The first-order chi connectivity index (χ1) is 9.95. The van der Waals surface area contributed by atoms with Crippen LogP contribution in [0.2, 0.25) is 0 Å². The van der Waals surface area contributed by atoms with Gasteiger partial charge in [-0.2, -0.15) is 8.42 Å². The van der Waals surface area contributed by atoms with Crippen LogP contribution in [0.1, 0.15) is 5.56 Å². The lowest BCUT2D eigenvalue weighted by Crippen LogP contribution is -2.26. The summed E-state index contributed by atoms with van der Waals surface area (Å²) in [7, 11) is -3.59. The Balaban J connectivity index is 2.01. The largest absolute Gasteiger partial charge is 0.399 e. The van der Waals surface area contributed by atoms with Crippen LogP contribution in [0.4, 0.5) is 11.4 Å². The number of para-hydroxylation sites is 1. The maximum absolute atomic E-state index is 11.9. The van der Waals surface area contributed by atoms with Crippen molar-refractivity contribution in [2.45, 2.75) is 11.4 Å². The Morgan fingerprint density at radius 3 is 2.71 bits per heavy atom. The van der Waals surface area contributed by atoms with Gasteiger partial charge in [0.1, 0.15) is 11.2 Å². The Bertz CT molecular complexity index is 814. The molecule has 108 valence electrons. The Hall–Kier alpha value is -1.86. The van der Waals surface area contributed by atoms with Gasteiger partial charge < -0.3 is 10.6 Å². The molecule has 0 aliphatic carbocycles. The summed E-state index contributed by atoms with van der Waals surface area (Å²) in [5.41, 5.74) is 8.05. The van der Waals surface area contributed by atoms with Gasteiger partial charge in [0.15, 0.2) is 0 Å². The van der Waals surface area contributed by atoms with Gasteiger partial charge in [0.05, 0.1) is 5.69 Å². The highest BCUT2D eigenvalue weighted by Crippen LogP contribution is 2.30. The molecule has 1 aliphatic heterocycles. The predicted molar refractivity (Wildman–Crippen MR) is 86.9 cm³/mol. The lowest BCUT2D eigenvalue weighted by Gasteiger charge is -2.25. The normalized spacial score (nSPS) is 15.8. The fraction of sp³-hybridized carbons (Fsp3) is 0.0714. The second kappa shape index (κ2) is 5.16. The number of halogens is 1. The third-order valence-corrected chi connectivity index (χ3v) is 4.84. The van der Waals surface area contributed by atoms with E-state index < -0.39 is 10.0 Å². The number of hydrogen-bond donors (Lipinski definition) is 1. The van der Waals surface area contributed by atoms with Gasteiger partial charge in [0.25, 0.3) is 10.0 Å². The minimum Gasteiger partial charge on any atom is -0.399 e. The summed E-state index contributed by atoms with van der Waals surface area (Å²) >= 11 is 3.40. The topological polar surface area (TPSA) is 75.8 Å². The second-order valence-electron chi connectivity index (χ2n) is 4.68. The molecule has 1 aliphatic rings. The fourth-order valence-corrected chi connectivity index (χ4v) is 3.85. The summed E-state index contributed by atoms with van der Waals surface area (Å²) in [5.74, 6) is 0. The molecule has 0 radical (unpaired) electrons. The van der Waals surface area contributed by atoms with Crippen LogP contribution in [-0.4, -0.2) is 14.8 Å². The SMILES string of the molecule is Nc1cc(Br)cc(CN2C=NS(=O)(=O)c3ccccc32)c1. The molecule has 3 rings (SSSR count). The fourth-order valence-electron chi connectivity index (χ4n) is 2.24. The summed E-state index contributed by atoms with van der Waals surface area (Å²) in [6.07, 6.45) is 1.34. The highest BCUT2D eigenvalue weighted by molar-refractivity contribution is 9.10. The molecule has 0 spiro atoms. The van der Waals surface area contributed by atoms with Gasteiger partial charge in [-0.15, -0.1) is 4.40 Å². The predicted octanol–water partition coefficient (Wildman–Crippen LogP) is 2.77. The van der Waals surface area contributed by atoms with Gasteiger partial charge in [-0.05, 0) is 35.9 Å². The molecule has 2 aromatic rings. The maximum Gasteiger partial charge on any atom is 0.285 e. The Labute approximate surface area is 131 Å². The number of nitrogens with two attached hydrogens (primary N) is 1. The van der Waals surface area contributed by atoms with Crippen molar-refractivity contribution >= 4 is 43.7 Å². The first-order valence-corrected chi connectivity index (χ1v) is 8.40. The standard InChI is InChI=1S/C14H12BrN3O2S/c15-11-5-10(6-12(16)7-11)8-18-9-17-21(19,20)14-4-2-1-3-13(14)18/h1-7,9H,8,16H2. The van der Waals surface area contributed by atoms with E-state index in [1.165, 1.54) is 6.34 Å². The van der Waals surface area contributed by atoms with Crippen LogP contribution in [0.25, 0.3) is 0 Å². The zero-order valence-electron chi connectivity index (χ0n) is 10.9. The quantitative estimate of drug-likeness (QED) is 0.830. The van der Waals surface area contributed by atoms with Gasteiger partial charge in [-0.3, -0.25) is 0 Å². The van der Waals surface area contributed by atoms with Crippen LogP contribution in [0.3, 0.4) is 0 Å². The first kappa shape index (κ1) is 14.1. The molecule has 2 aromatic carbocycles. The molecule has 0 saturated heterocycles. The molecule has 0 unspecified atom stereocenters.